The van der Waals surface area contributed by atoms with Crippen LogP contribution in [0.2, 0.25) is 0 Å². The third kappa shape index (κ3) is 5.48. The molecular formula is C27H32N2O6. The first-order valence-corrected chi connectivity index (χ1v) is 12.1. The van der Waals surface area contributed by atoms with E-state index in [-0.39, 0.29) is 38.0 Å². The highest BCUT2D eigenvalue weighted by Gasteiger charge is 2.36. The molecular weight excluding hydrogens is 448 g/mol. The Balaban J connectivity index is 1.43. The van der Waals surface area contributed by atoms with Gasteiger partial charge in [-0.15, -0.1) is 0 Å². The van der Waals surface area contributed by atoms with Gasteiger partial charge in [0.1, 0.15) is 12.6 Å². The van der Waals surface area contributed by atoms with Gasteiger partial charge in [-0.3, -0.25) is 9.59 Å². The number of fused-ring (bicyclic) bond motifs is 3. The molecule has 0 saturated carbocycles. The molecule has 1 saturated heterocycles. The number of carboxylic acids is 1. The number of alkyl carbamates (subject to hydrolysis) is 1. The molecule has 0 bridgehead atoms. The van der Waals surface area contributed by atoms with Crippen molar-refractivity contribution < 1.29 is 29.3 Å². The number of piperidine rings is 1. The molecule has 2 aromatic rings. The van der Waals surface area contributed by atoms with Crippen molar-refractivity contribution in [3.63, 3.8) is 0 Å². The maximum absolute atomic E-state index is 13.2. The molecule has 35 heavy (non-hydrogen) atoms. The molecule has 8 nitrogen and oxygen atoms in total. The molecule has 0 spiro atoms. The normalized spacial score (nSPS) is 20.2. The quantitative estimate of drug-likeness (QED) is 0.560. The van der Waals surface area contributed by atoms with Crippen molar-refractivity contribution in [2.24, 2.45) is 11.8 Å². The van der Waals surface area contributed by atoms with Crippen molar-refractivity contribution in [3.05, 3.63) is 59.7 Å². The molecule has 1 aliphatic heterocycles. The lowest BCUT2D eigenvalue weighted by molar-refractivity contribution is -0.149. The standard InChI is InChI=1S/C27H32N2O6/c1-16(2)11-24(25(31)29-13-17(26(32)33)12-18(30)14-29)28-27(34)35-15-23-21-9-5-3-7-19(21)20-8-4-6-10-22(20)23/h3-10,16-18,23-24,30H,11-15H2,1-2H3,(H,28,34)(H,32,33). The molecule has 1 heterocycles. The highest BCUT2D eigenvalue weighted by molar-refractivity contribution is 5.86. The fraction of sp³-hybridized carbons (Fsp3) is 0.444. The van der Waals surface area contributed by atoms with Gasteiger partial charge in [0.05, 0.1) is 12.0 Å². The summed E-state index contributed by atoms with van der Waals surface area (Å²) in [4.78, 5) is 38.8. The number of β-amino-alcohol motifs (C(OH)–C–C–N with tert-alkyl or cyclic N) is 1. The van der Waals surface area contributed by atoms with E-state index in [1.54, 1.807) is 0 Å². The number of aliphatic hydroxyl groups excluding tert-OH is 1. The molecule has 3 N–H and O–H groups in total. The van der Waals surface area contributed by atoms with Crippen LogP contribution < -0.4 is 5.32 Å². The highest BCUT2D eigenvalue weighted by Crippen LogP contribution is 2.44. The topological polar surface area (TPSA) is 116 Å². The average molecular weight is 481 g/mol. The van der Waals surface area contributed by atoms with E-state index in [4.69, 9.17) is 4.74 Å². The molecule has 2 aromatic carbocycles. The van der Waals surface area contributed by atoms with E-state index in [1.807, 2.05) is 50.2 Å². The van der Waals surface area contributed by atoms with Gasteiger partial charge in [0.25, 0.3) is 0 Å². The SMILES string of the molecule is CC(C)CC(NC(=O)OCC1c2ccccc2-c2ccccc21)C(=O)N1CC(O)CC(C(=O)O)C1. The van der Waals surface area contributed by atoms with Crippen LogP contribution in [0.4, 0.5) is 4.79 Å². The molecule has 3 unspecified atom stereocenters. The van der Waals surface area contributed by atoms with E-state index in [2.05, 4.69) is 17.4 Å². The van der Waals surface area contributed by atoms with Crippen molar-refractivity contribution in [1.29, 1.82) is 0 Å². The Morgan fingerprint density at radius 2 is 1.63 bits per heavy atom. The Kier molecular flexibility index (Phi) is 7.40. The van der Waals surface area contributed by atoms with Gasteiger partial charge in [-0.2, -0.15) is 0 Å². The number of hydrogen-bond acceptors (Lipinski definition) is 5. The zero-order valence-electron chi connectivity index (χ0n) is 20.0. The second-order valence-electron chi connectivity index (χ2n) is 9.82. The number of aliphatic carboxylic acids is 1. The first-order chi connectivity index (χ1) is 16.7. The second-order valence-corrected chi connectivity index (χ2v) is 9.82. The first-order valence-electron chi connectivity index (χ1n) is 12.1. The van der Waals surface area contributed by atoms with Crippen molar-refractivity contribution in [3.8, 4) is 11.1 Å². The Morgan fingerprint density at radius 3 is 2.20 bits per heavy atom. The summed E-state index contributed by atoms with van der Waals surface area (Å²) in [5, 5.41) is 22.1. The van der Waals surface area contributed by atoms with Gasteiger partial charge in [-0.25, -0.2) is 4.79 Å². The molecule has 0 aromatic heterocycles. The van der Waals surface area contributed by atoms with Crippen molar-refractivity contribution in [1.82, 2.24) is 10.2 Å². The van der Waals surface area contributed by atoms with E-state index in [1.165, 1.54) is 4.90 Å². The first kappa shape index (κ1) is 24.7. The number of carbonyl (C=O) groups is 3. The van der Waals surface area contributed by atoms with E-state index >= 15 is 0 Å². The van der Waals surface area contributed by atoms with Gasteiger partial charge in [0.15, 0.2) is 0 Å². The third-order valence-corrected chi connectivity index (χ3v) is 6.73. The van der Waals surface area contributed by atoms with Gasteiger partial charge in [-0.1, -0.05) is 62.4 Å². The lowest BCUT2D eigenvalue weighted by Gasteiger charge is -2.36. The lowest BCUT2D eigenvalue weighted by atomic mass is 9.94. The number of rotatable bonds is 7. The molecule has 186 valence electrons. The number of hydrogen-bond donors (Lipinski definition) is 3. The Hall–Kier alpha value is -3.39. The molecule has 1 aliphatic carbocycles. The zero-order chi connectivity index (χ0) is 25.1. The summed E-state index contributed by atoms with van der Waals surface area (Å²) < 4.78 is 5.61. The monoisotopic (exact) mass is 480 g/mol. The second kappa shape index (κ2) is 10.5. The molecule has 2 aliphatic rings. The van der Waals surface area contributed by atoms with Crippen LogP contribution in [0.25, 0.3) is 11.1 Å². The number of nitrogens with one attached hydrogen (secondary N) is 1. The van der Waals surface area contributed by atoms with Crippen LogP contribution in [0, 0.1) is 11.8 Å². The van der Waals surface area contributed by atoms with Crippen LogP contribution in [-0.2, 0) is 14.3 Å². The lowest BCUT2D eigenvalue weighted by Crippen LogP contribution is -2.55. The number of nitrogens with zero attached hydrogens (tertiary/aromatic N) is 1. The minimum Gasteiger partial charge on any atom is -0.481 e. The summed E-state index contributed by atoms with van der Waals surface area (Å²) in [5.74, 6) is -2.29. The predicted octanol–water partition coefficient (Wildman–Crippen LogP) is 3.23. The fourth-order valence-corrected chi connectivity index (χ4v) is 5.13. The molecule has 1 fully saturated rings. The summed E-state index contributed by atoms with van der Waals surface area (Å²) in [6.45, 7) is 4.05. The maximum atomic E-state index is 13.2. The van der Waals surface area contributed by atoms with E-state index < -0.39 is 36.0 Å². The molecule has 4 rings (SSSR count). The molecule has 3 atom stereocenters. The van der Waals surface area contributed by atoms with Gasteiger partial charge < -0.3 is 25.2 Å². The molecule has 0 radical (unpaired) electrons. The largest absolute Gasteiger partial charge is 0.481 e. The van der Waals surface area contributed by atoms with Crippen LogP contribution in [-0.4, -0.2) is 64.9 Å². The maximum Gasteiger partial charge on any atom is 0.407 e. The molecule has 2 amide bonds. The smallest absolute Gasteiger partial charge is 0.407 e. The van der Waals surface area contributed by atoms with Crippen LogP contribution in [0.3, 0.4) is 0 Å². The Labute approximate surface area is 204 Å². The number of benzene rings is 2. The number of ether oxygens (including phenoxy) is 1. The van der Waals surface area contributed by atoms with Crippen LogP contribution in [0.15, 0.2) is 48.5 Å². The summed E-state index contributed by atoms with van der Waals surface area (Å²) >= 11 is 0. The van der Waals surface area contributed by atoms with E-state index in [0.717, 1.165) is 22.3 Å². The van der Waals surface area contributed by atoms with Gasteiger partial charge in [-0.05, 0) is 41.0 Å². The number of carbonyl (C=O) groups excluding carboxylic acids is 2. The summed E-state index contributed by atoms with van der Waals surface area (Å²) in [5.41, 5.74) is 4.44. The average Bonchev–Trinajstić information content (AvgIpc) is 3.15. The van der Waals surface area contributed by atoms with E-state index in [9.17, 15) is 24.6 Å². The molecule has 8 heteroatoms. The number of carboxylic acid groups (broad SMARTS) is 1. The zero-order valence-corrected chi connectivity index (χ0v) is 20.0. The van der Waals surface area contributed by atoms with Gasteiger partial charge in [0.2, 0.25) is 5.91 Å². The third-order valence-electron chi connectivity index (χ3n) is 6.73. The summed E-state index contributed by atoms with van der Waals surface area (Å²) in [7, 11) is 0. The van der Waals surface area contributed by atoms with Crippen LogP contribution in [0.1, 0.15) is 43.7 Å². The van der Waals surface area contributed by atoms with Crippen LogP contribution >= 0.6 is 0 Å². The summed E-state index contributed by atoms with van der Waals surface area (Å²) in [6.07, 6.45) is -1.14. The minimum absolute atomic E-state index is 0.00614. The van der Waals surface area contributed by atoms with Crippen LogP contribution in [0.5, 0.6) is 0 Å². The summed E-state index contributed by atoms with van der Waals surface area (Å²) in [6, 6.07) is 15.2. The fourth-order valence-electron chi connectivity index (χ4n) is 5.13. The van der Waals surface area contributed by atoms with Crippen molar-refractivity contribution in [2.75, 3.05) is 19.7 Å². The van der Waals surface area contributed by atoms with Gasteiger partial charge >= 0.3 is 12.1 Å². The number of likely N-dealkylation sites (tertiary alicyclic amines) is 1. The van der Waals surface area contributed by atoms with Gasteiger partial charge in [0, 0.05) is 19.0 Å². The number of aliphatic hydroxyl groups is 1. The van der Waals surface area contributed by atoms with Crippen molar-refractivity contribution in [2.45, 2.75) is 44.8 Å². The minimum atomic E-state index is -1.05. The van der Waals surface area contributed by atoms with Crippen molar-refractivity contribution >= 4 is 18.0 Å². The Morgan fingerprint density at radius 1 is 1.03 bits per heavy atom. The van der Waals surface area contributed by atoms with E-state index in [0.29, 0.717) is 6.42 Å². The Bertz CT molecular complexity index is 1060. The highest BCUT2D eigenvalue weighted by atomic mass is 16.5. The number of amides is 2. The predicted molar refractivity (Wildman–Crippen MR) is 130 cm³/mol.